The summed E-state index contributed by atoms with van der Waals surface area (Å²) in [5.74, 6) is 5.77. The van der Waals surface area contributed by atoms with Gasteiger partial charge in [-0.2, -0.15) is 5.26 Å². The van der Waals surface area contributed by atoms with E-state index in [0.717, 1.165) is 18.4 Å². The molecule has 1 aliphatic rings. The molecule has 2 rings (SSSR count). The zero-order valence-electron chi connectivity index (χ0n) is 14.7. The van der Waals surface area contributed by atoms with Gasteiger partial charge < -0.3 is 9.64 Å². The first-order valence-electron chi connectivity index (χ1n) is 8.65. The Labute approximate surface area is 154 Å². The Bertz CT molecular complexity index is 738. The predicted molar refractivity (Wildman–Crippen MR) is 97.9 cm³/mol. The molecule has 26 heavy (non-hydrogen) atoms. The maximum absolute atomic E-state index is 12.2. The lowest BCUT2D eigenvalue weighted by atomic mass is 10.00. The number of likely N-dealkylation sites (tertiary alicyclic amines) is 1. The van der Waals surface area contributed by atoms with Crippen LogP contribution in [-0.4, -0.2) is 42.4 Å². The van der Waals surface area contributed by atoms with Crippen molar-refractivity contribution >= 4 is 11.7 Å². The van der Waals surface area contributed by atoms with Gasteiger partial charge in [-0.25, -0.2) is 0 Å². The van der Waals surface area contributed by atoms with Gasteiger partial charge in [0.1, 0.15) is 13.2 Å². The summed E-state index contributed by atoms with van der Waals surface area (Å²) >= 11 is 0. The Balaban J connectivity index is 1.90. The van der Waals surface area contributed by atoms with Gasteiger partial charge >= 0.3 is 0 Å². The van der Waals surface area contributed by atoms with E-state index in [-0.39, 0.29) is 30.9 Å². The highest BCUT2D eigenvalue weighted by atomic mass is 16.5. The van der Waals surface area contributed by atoms with E-state index in [0.29, 0.717) is 19.4 Å². The minimum absolute atomic E-state index is 0.00616. The van der Waals surface area contributed by atoms with Gasteiger partial charge in [-0.1, -0.05) is 48.2 Å². The standard InChI is InChI=1S/C21H22N2O3/c22-13-16-26-15-5-4-14-23-19(9-6-10-21(23)25)11-12-20(24)17-18-7-2-1-3-8-18/h1-3,7-8,11-12,19H,6,9-10,14-17H2. The number of benzene rings is 1. The molecule has 1 atom stereocenters. The molecule has 1 unspecified atom stereocenters. The molecule has 1 aromatic rings. The van der Waals surface area contributed by atoms with Gasteiger partial charge in [-0.3, -0.25) is 9.59 Å². The fourth-order valence-electron chi connectivity index (χ4n) is 2.77. The number of hydrogen-bond acceptors (Lipinski definition) is 4. The van der Waals surface area contributed by atoms with Crippen LogP contribution in [0.2, 0.25) is 0 Å². The third-order valence-corrected chi connectivity index (χ3v) is 4.05. The van der Waals surface area contributed by atoms with Crippen molar-refractivity contribution < 1.29 is 14.3 Å². The average Bonchev–Trinajstić information content (AvgIpc) is 2.65. The molecule has 1 aliphatic heterocycles. The minimum atomic E-state index is -0.106. The Morgan fingerprint density at radius 2 is 2.08 bits per heavy atom. The van der Waals surface area contributed by atoms with E-state index in [9.17, 15) is 9.59 Å². The van der Waals surface area contributed by atoms with Crippen LogP contribution in [-0.2, 0) is 20.7 Å². The van der Waals surface area contributed by atoms with E-state index in [2.05, 4.69) is 11.8 Å². The molecule has 1 aromatic carbocycles. The molecule has 0 aromatic heterocycles. The van der Waals surface area contributed by atoms with Crippen LogP contribution >= 0.6 is 0 Å². The molecule has 0 radical (unpaired) electrons. The van der Waals surface area contributed by atoms with Crippen molar-refractivity contribution in [1.29, 1.82) is 5.26 Å². The normalized spacial score (nSPS) is 16.8. The SMILES string of the molecule is N#CCOCC#CCN1C(=O)CCCC1C=CC(=O)Cc1ccccc1. The number of hydrogen-bond donors (Lipinski definition) is 0. The molecule has 0 saturated carbocycles. The largest absolute Gasteiger partial charge is 0.354 e. The van der Waals surface area contributed by atoms with Crippen molar-refractivity contribution in [2.24, 2.45) is 0 Å². The Morgan fingerprint density at radius 1 is 1.27 bits per heavy atom. The molecule has 0 N–H and O–H groups in total. The maximum Gasteiger partial charge on any atom is 0.223 e. The lowest BCUT2D eigenvalue weighted by Gasteiger charge is -2.32. The third kappa shape index (κ3) is 6.55. The summed E-state index contributed by atoms with van der Waals surface area (Å²) in [6, 6.07) is 11.3. The fraction of sp³-hybridized carbons (Fsp3) is 0.381. The smallest absolute Gasteiger partial charge is 0.223 e. The summed E-state index contributed by atoms with van der Waals surface area (Å²) in [7, 11) is 0. The number of allylic oxidation sites excluding steroid dienone is 1. The van der Waals surface area contributed by atoms with E-state index in [1.807, 2.05) is 42.5 Å². The van der Waals surface area contributed by atoms with Gasteiger partial charge in [0.05, 0.1) is 18.7 Å². The van der Waals surface area contributed by atoms with Crippen LogP contribution in [0.1, 0.15) is 24.8 Å². The predicted octanol–water partition coefficient (Wildman–Crippen LogP) is 2.28. The van der Waals surface area contributed by atoms with Crippen molar-refractivity contribution in [2.45, 2.75) is 31.7 Å². The second kappa shape index (κ2) is 10.9. The average molecular weight is 350 g/mol. The Kier molecular flexibility index (Phi) is 8.12. The second-order valence-corrected chi connectivity index (χ2v) is 5.97. The number of ether oxygens (including phenoxy) is 1. The van der Waals surface area contributed by atoms with Crippen LogP contribution in [0.3, 0.4) is 0 Å². The number of ketones is 1. The highest BCUT2D eigenvalue weighted by molar-refractivity contribution is 5.91. The van der Waals surface area contributed by atoms with Crippen molar-refractivity contribution in [2.75, 3.05) is 19.8 Å². The first-order chi connectivity index (χ1) is 12.7. The molecule has 134 valence electrons. The molecule has 1 fully saturated rings. The quantitative estimate of drug-likeness (QED) is 0.430. The molecule has 0 spiro atoms. The van der Waals surface area contributed by atoms with Crippen LogP contribution in [0.15, 0.2) is 42.5 Å². The number of carbonyl (C=O) groups is 2. The Morgan fingerprint density at radius 3 is 2.85 bits per heavy atom. The van der Waals surface area contributed by atoms with Crippen LogP contribution < -0.4 is 0 Å². The number of rotatable bonds is 7. The van der Waals surface area contributed by atoms with E-state index in [1.54, 1.807) is 11.0 Å². The van der Waals surface area contributed by atoms with E-state index in [1.165, 1.54) is 0 Å². The van der Waals surface area contributed by atoms with Crippen LogP contribution in [0.25, 0.3) is 0 Å². The van der Waals surface area contributed by atoms with Crippen molar-refractivity contribution in [1.82, 2.24) is 4.90 Å². The topological polar surface area (TPSA) is 70.4 Å². The second-order valence-electron chi connectivity index (χ2n) is 5.97. The van der Waals surface area contributed by atoms with Gasteiger partial charge in [0.2, 0.25) is 5.91 Å². The molecular weight excluding hydrogens is 328 g/mol. The number of nitrogens with zero attached hydrogens (tertiary/aromatic N) is 2. The van der Waals surface area contributed by atoms with E-state index < -0.39 is 0 Å². The van der Waals surface area contributed by atoms with Crippen LogP contribution in [0, 0.1) is 23.2 Å². The zero-order chi connectivity index (χ0) is 18.6. The van der Waals surface area contributed by atoms with Gasteiger partial charge in [0.25, 0.3) is 0 Å². The molecule has 5 nitrogen and oxygen atoms in total. The van der Waals surface area contributed by atoms with Gasteiger partial charge in [-0.05, 0) is 24.5 Å². The van der Waals surface area contributed by atoms with Crippen LogP contribution in [0.4, 0.5) is 0 Å². The number of carbonyl (C=O) groups excluding carboxylic acids is 2. The summed E-state index contributed by atoms with van der Waals surface area (Å²) in [5.41, 5.74) is 0.974. The zero-order valence-corrected chi connectivity index (χ0v) is 14.7. The number of nitriles is 1. The molecule has 1 heterocycles. The Hall–Kier alpha value is -2.89. The summed E-state index contributed by atoms with van der Waals surface area (Å²) in [6.45, 7) is 0.481. The van der Waals surface area contributed by atoms with Gasteiger partial charge in [0.15, 0.2) is 5.78 Å². The van der Waals surface area contributed by atoms with E-state index >= 15 is 0 Å². The fourth-order valence-corrected chi connectivity index (χ4v) is 2.77. The minimum Gasteiger partial charge on any atom is -0.354 e. The van der Waals surface area contributed by atoms with E-state index in [4.69, 9.17) is 10.00 Å². The molecule has 0 bridgehead atoms. The van der Waals surface area contributed by atoms with Crippen molar-refractivity contribution in [3.8, 4) is 17.9 Å². The highest BCUT2D eigenvalue weighted by Gasteiger charge is 2.25. The van der Waals surface area contributed by atoms with Crippen molar-refractivity contribution in [3.63, 3.8) is 0 Å². The van der Waals surface area contributed by atoms with Crippen LogP contribution in [0.5, 0.6) is 0 Å². The number of piperidine rings is 1. The molecule has 5 heteroatoms. The highest BCUT2D eigenvalue weighted by Crippen LogP contribution is 2.19. The summed E-state index contributed by atoms with van der Waals surface area (Å²) < 4.78 is 4.96. The molecular formula is C21H22N2O3. The first kappa shape index (κ1) is 19.4. The number of amides is 1. The molecule has 0 aliphatic carbocycles. The van der Waals surface area contributed by atoms with Gasteiger partial charge in [-0.15, -0.1) is 0 Å². The third-order valence-electron chi connectivity index (χ3n) is 4.05. The monoisotopic (exact) mass is 350 g/mol. The van der Waals surface area contributed by atoms with Crippen molar-refractivity contribution in [3.05, 3.63) is 48.0 Å². The summed E-state index contributed by atoms with van der Waals surface area (Å²) in [6.07, 6.45) is 5.90. The lowest BCUT2D eigenvalue weighted by Crippen LogP contribution is -2.42. The maximum atomic E-state index is 12.2. The summed E-state index contributed by atoms with van der Waals surface area (Å²) in [4.78, 5) is 26.0. The lowest BCUT2D eigenvalue weighted by molar-refractivity contribution is -0.134. The summed E-state index contributed by atoms with van der Waals surface area (Å²) in [5, 5.41) is 8.38. The first-order valence-corrected chi connectivity index (χ1v) is 8.65. The van der Waals surface area contributed by atoms with Gasteiger partial charge in [0, 0.05) is 12.8 Å². The molecule has 1 amide bonds. The molecule has 1 saturated heterocycles.